The predicted octanol–water partition coefficient (Wildman–Crippen LogP) is 4.98. The third kappa shape index (κ3) is 5.13. The lowest BCUT2D eigenvalue weighted by Crippen LogP contribution is -2.32. The fourth-order valence-corrected chi connectivity index (χ4v) is 4.00. The molecule has 0 aromatic heterocycles. The first-order valence-electron chi connectivity index (χ1n) is 8.99. The SMILES string of the molecule is CCOc1cc(/C=C2\SC(=O)N(CCOc3ccc(C)cc3)C2=O)cc(Br)c1O. The van der Waals surface area contributed by atoms with Crippen molar-refractivity contribution in [3.63, 3.8) is 0 Å². The van der Waals surface area contributed by atoms with E-state index in [1.165, 1.54) is 4.90 Å². The van der Waals surface area contributed by atoms with Gasteiger partial charge >= 0.3 is 0 Å². The molecule has 1 aliphatic rings. The molecule has 1 N–H and O–H groups in total. The Labute approximate surface area is 181 Å². The first-order chi connectivity index (χ1) is 13.9. The molecule has 1 saturated heterocycles. The van der Waals surface area contributed by atoms with Gasteiger partial charge in [-0.3, -0.25) is 14.5 Å². The number of nitrogens with zero attached hydrogens (tertiary/aromatic N) is 1. The quantitative estimate of drug-likeness (QED) is 0.566. The third-order valence-electron chi connectivity index (χ3n) is 4.13. The number of thioether (sulfide) groups is 1. The van der Waals surface area contributed by atoms with E-state index < -0.39 is 0 Å². The summed E-state index contributed by atoms with van der Waals surface area (Å²) >= 11 is 4.15. The van der Waals surface area contributed by atoms with Gasteiger partial charge in [-0.2, -0.15) is 0 Å². The number of phenols is 1. The average Bonchev–Trinajstić information content (AvgIpc) is 2.94. The van der Waals surface area contributed by atoms with Gasteiger partial charge in [-0.05, 0) is 77.4 Å². The van der Waals surface area contributed by atoms with E-state index in [1.807, 2.05) is 38.1 Å². The molecule has 29 heavy (non-hydrogen) atoms. The van der Waals surface area contributed by atoms with Gasteiger partial charge in [0.1, 0.15) is 12.4 Å². The molecule has 0 atom stereocenters. The highest BCUT2D eigenvalue weighted by Crippen LogP contribution is 2.38. The Kier molecular flexibility index (Phi) is 6.87. The van der Waals surface area contributed by atoms with Gasteiger partial charge < -0.3 is 14.6 Å². The van der Waals surface area contributed by atoms with E-state index in [2.05, 4.69) is 15.9 Å². The lowest BCUT2D eigenvalue weighted by molar-refractivity contribution is -0.123. The molecule has 0 saturated carbocycles. The highest BCUT2D eigenvalue weighted by Gasteiger charge is 2.34. The molecule has 0 spiro atoms. The van der Waals surface area contributed by atoms with Crippen molar-refractivity contribution in [3.8, 4) is 17.2 Å². The van der Waals surface area contributed by atoms with Crippen LogP contribution in [0.25, 0.3) is 6.08 Å². The summed E-state index contributed by atoms with van der Waals surface area (Å²) in [6, 6.07) is 10.8. The number of amides is 2. The Hall–Kier alpha value is -2.45. The van der Waals surface area contributed by atoms with Crippen LogP contribution in [-0.4, -0.2) is 40.9 Å². The van der Waals surface area contributed by atoms with Crippen molar-refractivity contribution in [3.05, 3.63) is 56.9 Å². The van der Waals surface area contributed by atoms with Gasteiger partial charge in [0.15, 0.2) is 11.5 Å². The largest absolute Gasteiger partial charge is 0.503 e. The molecule has 1 heterocycles. The molecule has 0 radical (unpaired) electrons. The van der Waals surface area contributed by atoms with Crippen molar-refractivity contribution in [1.82, 2.24) is 4.90 Å². The molecule has 1 fully saturated rings. The molecular weight excluding hydrogens is 458 g/mol. The van der Waals surface area contributed by atoms with Gasteiger partial charge in [0, 0.05) is 0 Å². The second-order valence-corrected chi connectivity index (χ2v) is 8.12. The number of rotatable bonds is 7. The predicted molar refractivity (Wildman–Crippen MR) is 116 cm³/mol. The van der Waals surface area contributed by atoms with Crippen molar-refractivity contribution in [2.75, 3.05) is 19.8 Å². The summed E-state index contributed by atoms with van der Waals surface area (Å²) in [5, 5.41) is 9.68. The molecule has 6 nitrogen and oxygen atoms in total. The van der Waals surface area contributed by atoms with Gasteiger partial charge in [0.25, 0.3) is 11.1 Å². The molecule has 2 aromatic carbocycles. The maximum Gasteiger partial charge on any atom is 0.293 e. The number of hydrogen-bond donors (Lipinski definition) is 1. The second-order valence-electron chi connectivity index (χ2n) is 6.28. The maximum atomic E-state index is 12.6. The summed E-state index contributed by atoms with van der Waals surface area (Å²) in [4.78, 5) is 26.4. The first kappa shape index (κ1) is 21.3. The Morgan fingerprint density at radius 1 is 1.17 bits per heavy atom. The number of imide groups is 1. The molecule has 3 rings (SSSR count). The standard InChI is InChI=1S/C21H20BrNO5S/c1-3-27-17-11-14(10-16(22)19(17)24)12-18-20(25)23(21(26)29-18)8-9-28-15-6-4-13(2)5-7-15/h4-7,10-12,24H,3,8-9H2,1-2H3/b18-12-. The topological polar surface area (TPSA) is 76.1 Å². The van der Waals surface area contributed by atoms with Gasteiger partial charge in [-0.1, -0.05) is 17.7 Å². The van der Waals surface area contributed by atoms with Crippen LogP contribution in [0.2, 0.25) is 0 Å². The lowest BCUT2D eigenvalue weighted by Gasteiger charge is -2.13. The Morgan fingerprint density at radius 3 is 2.59 bits per heavy atom. The number of carbonyl (C=O) groups excluding carboxylic acids is 2. The number of aryl methyl sites for hydroxylation is 1. The number of ether oxygens (including phenoxy) is 2. The van der Waals surface area contributed by atoms with Crippen molar-refractivity contribution < 1.29 is 24.2 Å². The summed E-state index contributed by atoms with van der Waals surface area (Å²) in [6.45, 7) is 4.57. The van der Waals surface area contributed by atoms with E-state index in [0.29, 0.717) is 33.0 Å². The number of benzene rings is 2. The van der Waals surface area contributed by atoms with E-state index in [9.17, 15) is 14.7 Å². The summed E-state index contributed by atoms with van der Waals surface area (Å²) in [5.41, 5.74) is 1.77. The van der Waals surface area contributed by atoms with Crippen molar-refractivity contribution in [1.29, 1.82) is 0 Å². The summed E-state index contributed by atoms with van der Waals surface area (Å²) in [6.07, 6.45) is 1.61. The van der Waals surface area contributed by atoms with Crippen LogP contribution in [-0.2, 0) is 4.79 Å². The minimum atomic E-state index is -0.366. The van der Waals surface area contributed by atoms with Crippen molar-refractivity contribution >= 4 is 44.9 Å². The third-order valence-corrected chi connectivity index (χ3v) is 5.64. The summed E-state index contributed by atoms with van der Waals surface area (Å²) in [7, 11) is 0. The summed E-state index contributed by atoms with van der Waals surface area (Å²) in [5.74, 6) is 0.620. The molecule has 152 valence electrons. The zero-order valence-electron chi connectivity index (χ0n) is 16.0. The van der Waals surface area contributed by atoms with Crippen LogP contribution in [0.5, 0.6) is 17.2 Å². The van der Waals surface area contributed by atoms with Crippen LogP contribution in [0.15, 0.2) is 45.8 Å². The highest BCUT2D eigenvalue weighted by molar-refractivity contribution is 9.10. The molecule has 1 aliphatic heterocycles. The second kappa shape index (κ2) is 9.37. The molecule has 8 heteroatoms. The smallest absolute Gasteiger partial charge is 0.293 e. The molecule has 2 aromatic rings. The molecule has 0 unspecified atom stereocenters. The zero-order chi connectivity index (χ0) is 21.0. The van der Waals surface area contributed by atoms with Crippen LogP contribution in [0.3, 0.4) is 0 Å². The molecule has 0 aliphatic carbocycles. The van der Waals surface area contributed by atoms with Crippen LogP contribution < -0.4 is 9.47 Å². The molecular formula is C21H20BrNO5S. The van der Waals surface area contributed by atoms with Crippen molar-refractivity contribution in [2.24, 2.45) is 0 Å². The minimum Gasteiger partial charge on any atom is -0.503 e. The Morgan fingerprint density at radius 2 is 1.90 bits per heavy atom. The fraction of sp³-hybridized carbons (Fsp3) is 0.238. The van der Waals surface area contributed by atoms with Gasteiger partial charge in [-0.25, -0.2) is 0 Å². The van der Waals surface area contributed by atoms with Crippen LogP contribution in [0, 0.1) is 6.92 Å². The zero-order valence-corrected chi connectivity index (χ0v) is 18.4. The monoisotopic (exact) mass is 477 g/mol. The van der Waals surface area contributed by atoms with E-state index in [0.717, 1.165) is 17.3 Å². The van der Waals surface area contributed by atoms with E-state index in [4.69, 9.17) is 9.47 Å². The lowest BCUT2D eigenvalue weighted by atomic mass is 10.2. The highest BCUT2D eigenvalue weighted by atomic mass is 79.9. The number of aromatic hydroxyl groups is 1. The van der Waals surface area contributed by atoms with Crippen molar-refractivity contribution in [2.45, 2.75) is 13.8 Å². The van der Waals surface area contributed by atoms with E-state index in [1.54, 1.807) is 18.2 Å². The fourth-order valence-electron chi connectivity index (χ4n) is 2.68. The van der Waals surface area contributed by atoms with Crippen LogP contribution in [0.4, 0.5) is 4.79 Å². The number of halogens is 1. The van der Waals surface area contributed by atoms with Gasteiger partial charge in [-0.15, -0.1) is 0 Å². The average molecular weight is 478 g/mol. The van der Waals surface area contributed by atoms with Crippen LogP contribution >= 0.6 is 27.7 Å². The Balaban J connectivity index is 1.69. The number of carbonyl (C=O) groups is 2. The first-order valence-corrected chi connectivity index (χ1v) is 10.6. The van der Waals surface area contributed by atoms with Crippen LogP contribution in [0.1, 0.15) is 18.1 Å². The Bertz CT molecular complexity index is 958. The van der Waals surface area contributed by atoms with E-state index >= 15 is 0 Å². The summed E-state index contributed by atoms with van der Waals surface area (Å²) < 4.78 is 11.5. The van der Waals surface area contributed by atoms with E-state index in [-0.39, 0.29) is 30.0 Å². The molecule has 0 bridgehead atoms. The number of hydrogen-bond acceptors (Lipinski definition) is 6. The number of phenolic OH excluding ortho intramolecular Hbond substituents is 1. The van der Waals surface area contributed by atoms with Gasteiger partial charge in [0.05, 0.1) is 22.5 Å². The maximum absolute atomic E-state index is 12.6. The van der Waals surface area contributed by atoms with Gasteiger partial charge in [0.2, 0.25) is 0 Å². The normalized spacial score (nSPS) is 15.3. The minimum absolute atomic E-state index is 0.00893. The molecule has 2 amide bonds.